The number of imidazole rings is 1. The molecule has 0 fully saturated rings. The van der Waals surface area contributed by atoms with Gasteiger partial charge in [0.1, 0.15) is 0 Å². The molecule has 0 aliphatic carbocycles. The molecule has 2 heterocycles. The van der Waals surface area contributed by atoms with E-state index in [1.54, 1.807) is 11.8 Å². The third-order valence-corrected chi connectivity index (χ3v) is 5.21. The Balaban J connectivity index is 2.39. The molecule has 92 valence electrons. The van der Waals surface area contributed by atoms with E-state index in [9.17, 15) is 0 Å². The van der Waals surface area contributed by atoms with Gasteiger partial charge in [-0.1, -0.05) is 0 Å². The molecule has 6 heteroatoms. The first-order valence-electron chi connectivity index (χ1n) is 5.14. The van der Waals surface area contributed by atoms with Crippen LogP contribution in [0.5, 0.6) is 0 Å². The highest BCUT2D eigenvalue weighted by atomic mass is 79.9. The summed E-state index contributed by atoms with van der Waals surface area (Å²) in [6.07, 6.45) is 3.92. The molecule has 0 saturated carbocycles. The lowest BCUT2D eigenvalue weighted by Gasteiger charge is -2.06. The Labute approximate surface area is 121 Å². The molecular formula is C11H12Br2N2OS. The van der Waals surface area contributed by atoms with E-state index in [1.807, 2.05) is 19.3 Å². The monoisotopic (exact) mass is 378 g/mol. The highest BCUT2D eigenvalue weighted by Gasteiger charge is 2.11. The third kappa shape index (κ3) is 2.70. The number of thioether (sulfide) groups is 1. The molecule has 0 radical (unpaired) electrons. The summed E-state index contributed by atoms with van der Waals surface area (Å²) in [6, 6.07) is 0. The number of fused-ring (bicyclic) bond motifs is 1. The van der Waals surface area contributed by atoms with Gasteiger partial charge in [0.25, 0.3) is 0 Å². The topological polar surface area (TPSA) is 37.5 Å². The Kier molecular flexibility index (Phi) is 4.52. The van der Waals surface area contributed by atoms with Crippen molar-refractivity contribution >= 4 is 49.3 Å². The molecule has 2 rings (SSSR count). The van der Waals surface area contributed by atoms with Crippen molar-refractivity contribution in [1.82, 2.24) is 9.38 Å². The lowest BCUT2D eigenvalue weighted by molar-refractivity contribution is 0.322. The minimum Gasteiger partial charge on any atom is -0.396 e. The van der Waals surface area contributed by atoms with Crippen LogP contribution in [0, 0.1) is 6.92 Å². The van der Waals surface area contributed by atoms with Gasteiger partial charge in [-0.2, -0.15) is 11.8 Å². The summed E-state index contributed by atoms with van der Waals surface area (Å²) >= 11 is 8.81. The number of halogens is 2. The highest BCUT2D eigenvalue weighted by molar-refractivity contribution is 9.11. The second-order valence-corrected chi connectivity index (χ2v) is 6.39. The van der Waals surface area contributed by atoms with Crippen LogP contribution in [0.1, 0.15) is 11.3 Å². The van der Waals surface area contributed by atoms with E-state index in [4.69, 9.17) is 5.11 Å². The molecule has 0 aliphatic rings. The Hall–Kier alpha value is -0.0400. The van der Waals surface area contributed by atoms with E-state index in [-0.39, 0.29) is 6.61 Å². The fourth-order valence-electron chi connectivity index (χ4n) is 1.53. The number of pyridine rings is 1. The van der Waals surface area contributed by atoms with Crippen LogP contribution in [-0.4, -0.2) is 26.9 Å². The SMILES string of the molecule is Cc1c(Br)cn2c(CSCCO)cnc2c1Br. The molecule has 0 unspecified atom stereocenters. The van der Waals surface area contributed by atoms with Crippen molar-refractivity contribution in [2.24, 2.45) is 0 Å². The largest absolute Gasteiger partial charge is 0.396 e. The van der Waals surface area contributed by atoms with Gasteiger partial charge in [-0.15, -0.1) is 0 Å². The number of hydrogen-bond acceptors (Lipinski definition) is 3. The zero-order valence-corrected chi connectivity index (χ0v) is 13.3. The molecule has 0 bridgehead atoms. The van der Waals surface area contributed by atoms with Crippen molar-refractivity contribution in [3.05, 3.63) is 32.6 Å². The molecule has 1 N–H and O–H groups in total. The molecular weight excluding hydrogens is 368 g/mol. The normalized spacial score (nSPS) is 11.3. The van der Waals surface area contributed by atoms with Crippen molar-refractivity contribution in [1.29, 1.82) is 0 Å². The summed E-state index contributed by atoms with van der Waals surface area (Å²) in [7, 11) is 0. The predicted molar refractivity (Wildman–Crippen MR) is 78.6 cm³/mol. The van der Waals surface area contributed by atoms with E-state index in [2.05, 4.69) is 41.2 Å². The number of aliphatic hydroxyl groups excluding tert-OH is 1. The molecule has 0 saturated heterocycles. The fraction of sp³-hybridized carbons (Fsp3) is 0.364. The van der Waals surface area contributed by atoms with Crippen LogP contribution in [0.25, 0.3) is 5.65 Å². The maximum Gasteiger partial charge on any atom is 0.151 e. The second-order valence-electron chi connectivity index (χ2n) is 3.64. The molecule has 3 nitrogen and oxygen atoms in total. The first kappa shape index (κ1) is 13.4. The average molecular weight is 380 g/mol. The van der Waals surface area contributed by atoms with Gasteiger partial charge in [0, 0.05) is 22.2 Å². The highest BCUT2D eigenvalue weighted by Crippen LogP contribution is 2.29. The van der Waals surface area contributed by atoms with Crippen LogP contribution in [0.2, 0.25) is 0 Å². The van der Waals surface area contributed by atoms with E-state index >= 15 is 0 Å². The van der Waals surface area contributed by atoms with Crippen molar-refractivity contribution in [2.75, 3.05) is 12.4 Å². The maximum absolute atomic E-state index is 8.77. The second kappa shape index (κ2) is 5.73. The van der Waals surface area contributed by atoms with Crippen LogP contribution in [0.4, 0.5) is 0 Å². The third-order valence-electron chi connectivity index (χ3n) is 2.49. The first-order chi connectivity index (χ1) is 8.15. The number of hydrogen-bond donors (Lipinski definition) is 1. The standard InChI is InChI=1S/C11H12Br2N2OS/c1-7-9(12)5-15-8(6-17-3-2-16)4-14-11(15)10(7)13/h4-5,16H,2-3,6H2,1H3. The Morgan fingerprint density at radius 2 is 2.24 bits per heavy atom. The van der Waals surface area contributed by atoms with Crippen molar-refractivity contribution in [2.45, 2.75) is 12.7 Å². The van der Waals surface area contributed by atoms with Gasteiger partial charge in [-0.25, -0.2) is 4.98 Å². The molecule has 2 aromatic rings. The minimum absolute atomic E-state index is 0.216. The Morgan fingerprint density at radius 1 is 1.47 bits per heavy atom. The number of aromatic nitrogens is 2. The first-order valence-corrected chi connectivity index (χ1v) is 7.88. The molecule has 2 aromatic heterocycles. The van der Waals surface area contributed by atoms with Crippen LogP contribution >= 0.6 is 43.6 Å². The van der Waals surface area contributed by atoms with Gasteiger partial charge >= 0.3 is 0 Å². The lowest BCUT2D eigenvalue weighted by Crippen LogP contribution is -1.95. The predicted octanol–water partition coefficient (Wildman–Crippen LogP) is 3.39. The fourth-order valence-corrected chi connectivity index (χ4v) is 3.41. The molecule has 0 amide bonds. The zero-order chi connectivity index (χ0) is 12.4. The molecule has 0 spiro atoms. The van der Waals surface area contributed by atoms with Gasteiger partial charge in [-0.05, 0) is 44.3 Å². The van der Waals surface area contributed by atoms with Crippen LogP contribution in [-0.2, 0) is 5.75 Å². The Bertz CT molecular complexity index is 542. The zero-order valence-electron chi connectivity index (χ0n) is 9.28. The smallest absolute Gasteiger partial charge is 0.151 e. The summed E-state index contributed by atoms with van der Waals surface area (Å²) in [5.74, 6) is 1.60. The van der Waals surface area contributed by atoms with Gasteiger partial charge in [-0.3, -0.25) is 0 Å². The summed E-state index contributed by atoms with van der Waals surface area (Å²) < 4.78 is 4.15. The molecule has 0 aromatic carbocycles. The van der Waals surface area contributed by atoms with E-state index in [0.29, 0.717) is 0 Å². The maximum atomic E-state index is 8.77. The van der Waals surface area contributed by atoms with Crippen molar-refractivity contribution in [3.63, 3.8) is 0 Å². The van der Waals surface area contributed by atoms with Gasteiger partial charge in [0.05, 0.1) is 23.0 Å². The number of aliphatic hydroxyl groups is 1. The Morgan fingerprint density at radius 3 is 2.94 bits per heavy atom. The number of nitrogens with zero attached hydrogens (tertiary/aromatic N) is 2. The van der Waals surface area contributed by atoms with Gasteiger partial charge in [0.15, 0.2) is 5.65 Å². The molecule has 17 heavy (non-hydrogen) atoms. The van der Waals surface area contributed by atoms with E-state index < -0.39 is 0 Å². The summed E-state index contributed by atoms with van der Waals surface area (Å²) in [6.45, 7) is 2.26. The van der Waals surface area contributed by atoms with Gasteiger partial charge < -0.3 is 9.51 Å². The minimum atomic E-state index is 0.216. The van der Waals surface area contributed by atoms with Crippen molar-refractivity contribution < 1.29 is 5.11 Å². The summed E-state index contributed by atoms with van der Waals surface area (Å²) in [5.41, 5.74) is 3.22. The molecule has 0 aliphatic heterocycles. The van der Waals surface area contributed by atoms with Crippen LogP contribution in [0.15, 0.2) is 21.3 Å². The average Bonchev–Trinajstić information content (AvgIpc) is 2.70. The quantitative estimate of drug-likeness (QED) is 0.827. The lowest BCUT2D eigenvalue weighted by atomic mass is 10.3. The van der Waals surface area contributed by atoms with Crippen LogP contribution in [0.3, 0.4) is 0 Å². The van der Waals surface area contributed by atoms with Crippen molar-refractivity contribution in [3.8, 4) is 0 Å². The summed E-state index contributed by atoms with van der Waals surface area (Å²) in [4.78, 5) is 4.42. The van der Waals surface area contributed by atoms with E-state index in [1.165, 1.54) is 0 Å². The molecule has 0 atom stereocenters. The van der Waals surface area contributed by atoms with E-state index in [0.717, 1.165) is 37.4 Å². The van der Waals surface area contributed by atoms with Crippen LogP contribution < -0.4 is 0 Å². The van der Waals surface area contributed by atoms with Gasteiger partial charge in [0.2, 0.25) is 0 Å². The summed E-state index contributed by atoms with van der Waals surface area (Å²) in [5, 5.41) is 8.77. The number of rotatable bonds is 4.